The van der Waals surface area contributed by atoms with Gasteiger partial charge in [-0.3, -0.25) is 24.7 Å². The summed E-state index contributed by atoms with van der Waals surface area (Å²) in [6, 6.07) is 7.86. The number of rotatable bonds is 8. The van der Waals surface area contributed by atoms with Crippen molar-refractivity contribution in [3.8, 4) is 5.75 Å². The predicted molar refractivity (Wildman–Crippen MR) is 115 cm³/mol. The predicted octanol–water partition coefficient (Wildman–Crippen LogP) is 2.68. The Kier molecular flexibility index (Phi) is 7.50. The number of likely N-dealkylation sites (tertiary alicyclic amines) is 1. The molecule has 0 aliphatic carbocycles. The molecule has 1 fully saturated rings. The van der Waals surface area contributed by atoms with Gasteiger partial charge in [0.25, 0.3) is 5.69 Å². The van der Waals surface area contributed by atoms with Crippen molar-refractivity contribution in [3.63, 3.8) is 0 Å². The first-order chi connectivity index (χ1) is 15.0. The number of anilines is 2. The monoisotopic (exact) mass is 427 g/mol. The molecule has 0 atom stereocenters. The van der Waals surface area contributed by atoms with Gasteiger partial charge in [0.1, 0.15) is 11.4 Å². The molecular formula is C21H25N5O5. The van der Waals surface area contributed by atoms with Crippen LogP contribution < -0.4 is 15.4 Å². The van der Waals surface area contributed by atoms with E-state index in [-0.39, 0.29) is 35.5 Å². The third-order valence-electron chi connectivity index (χ3n) is 5.22. The summed E-state index contributed by atoms with van der Waals surface area (Å²) in [5, 5.41) is 16.7. The molecule has 10 heteroatoms. The number of pyridine rings is 1. The molecule has 2 N–H and O–H groups in total. The van der Waals surface area contributed by atoms with Crippen LogP contribution in [-0.2, 0) is 9.59 Å². The first kappa shape index (κ1) is 22.2. The standard InChI is InChI=1S/C21H25N5O5/c1-31-17-4-5-18(19(13-17)26(29)30)24-20(27)8-12-25-10-6-15(7-11-25)21(28)23-16-3-2-9-22-14-16/h2-5,9,13-15H,6-8,10-12H2,1H3,(H,23,28)(H,24,27). The van der Waals surface area contributed by atoms with E-state index in [0.29, 0.717) is 43.9 Å². The van der Waals surface area contributed by atoms with Gasteiger partial charge in [0.05, 0.1) is 30.0 Å². The fraction of sp³-hybridized carbons (Fsp3) is 0.381. The molecule has 1 aromatic carbocycles. The number of carbonyl (C=O) groups excluding carboxylic acids is 2. The SMILES string of the molecule is COc1ccc(NC(=O)CCN2CCC(C(=O)Nc3cccnc3)CC2)c([N+](=O)[O-])c1. The van der Waals surface area contributed by atoms with Crippen molar-refractivity contribution in [2.45, 2.75) is 19.3 Å². The minimum Gasteiger partial charge on any atom is -0.496 e. The molecule has 2 heterocycles. The third kappa shape index (κ3) is 6.22. The number of amides is 2. The lowest BCUT2D eigenvalue weighted by atomic mass is 9.95. The van der Waals surface area contributed by atoms with Crippen LogP contribution in [0.25, 0.3) is 0 Å². The average Bonchev–Trinajstić information content (AvgIpc) is 2.78. The van der Waals surface area contributed by atoms with E-state index < -0.39 is 4.92 Å². The first-order valence-electron chi connectivity index (χ1n) is 10.0. The zero-order valence-electron chi connectivity index (χ0n) is 17.2. The van der Waals surface area contributed by atoms with Gasteiger partial charge >= 0.3 is 0 Å². The van der Waals surface area contributed by atoms with Gasteiger partial charge in [-0.2, -0.15) is 0 Å². The van der Waals surface area contributed by atoms with Crippen LogP contribution in [-0.4, -0.2) is 53.4 Å². The number of hydrogen-bond donors (Lipinski definition) is 2. The van der Waals surface area contributed by atoms with E-state index in [9.17, 15) is 19.7 Å². The van der Waals surface area contributed by atoms with Crippen molar-refractivity contribution in [1.29, 1.82) is 0 Å². The molecule has 0 spiro atoms. The van der Waals surface area contributed by atoms with Gasteiger partial charge in [-0.15, -0.1) is 0 Å². The minimum atomic E-state index is -0.556. The maximum Gasteiger partial charge on any atom is 0.296 e. The number of nitro benzene ring substituents is 1. The Labute approximate surface area is 179 Å². The molecule has 164 valence electrons. The third-order valence-corrected chi connectivity index (χ3v) is 5.22. The van der Waals surface area contributed by atoms with Crippen LogP contribution in [0.5, 0.6) is 5.75 Å². The van der Waals surface area contributed by atoms with Crippen LogP contribution in [0.2, 0.25) is 0 Å². The second kappa shape index (κ2) is 10.5. The summed E-state index contributed by atoms with van der Waals surface area (Å²) in [7, 11) is 1.42. The van der Waals surface area contributed by atoms with Gasteiger partial charge in [0.2, 0.25) is 11.8 Å². The number of nitrogens with zero attached hydrogens (tertiary/aromatic N) is 3. The number of piperidine rings is 1. The Balaban J connectivity index is 1.44. The number of ether oxygens (including phenoxy) is 1. The van der Waals surface area contributed by atoms with E-state index in [0.717, 1.165) is 0 Å². The van der Waals surface area contributed by atoms with E-state index in [1.807, 2.05) is 0 Å². The first-order valence-corrected chi connectivity index (χ1v) is 10.0. The van der Waals surface area contributed by atoms with Crippen LogP contribution in [0.3, 0.4) is 0 Å². The molecule has 1 aromatic heterocycles. The topological polar surface area (TPSA) is 127 Å². The summed E-state index contributed by atoms with van der Waals surface area (Å²) in [6.07, 6.45) is 4.88. The van der Waals surface area contributed by atoms with Gasteiger partial charge < -0.3 is 20.3 Å². The van der Waals surface area contributed by atoms with Crippen molar-refractivity contribution in [1.82, 2.24) is 9.88 Å². The number of nitro groups is 1. The van der Waals surface area contributed by atoms with Gasteiger partial charge in [-0.05, 0) is 50.2 Å². The molecule has 0 bridgehead atoms. The van der Waals surface area contributed by atoms with Crippen LogP contribution in [0.15, 0.2) is 42.7 Å². The summed E-state index contributed by atoms with van der Waals surface area (Å²) in [6.45, 7) is 1.94. The Hall–Kier alpha value is -3.53. The highest BCUT2D eigenvalue weighted by molar-refractivity contribution is 5.93. The number of hydrogen-bond acceptors (Lipinski definition) is 7. The molecule has 1 saturated heterocycles. The van der Waals surface area contributed by atoms with E-state index in [4.69, 9.17) is 4.74 Å². The highest BCUT2D eigenvalue weighted by Crippen LogP contribution is 2.29. The molecule has 0 radical (unpaired) electrons. The zero-order chi connectivity index (χ0) is 22.2. The lowest BCUT2D eigenvalue weighted by molar-refractivity contribution is -0.384. The van der Waals surface area contributed by atoms with Crippen molar-refractivity contribution >= 4 is 28.9 Å². The summed E-state index contributed by atoms with van der Waals surface area (Å²) in [4.78, 5) is 41.5. The minimum absolute atomic E-state index is 0.0165. The van der Waals surface area contributed by atoms with Crippen molar-refractivity contribution in [2.24, 2.45) is 5.92 Å². The molecule has 3 rings (SSSR count). The van der Waals surface area contributed by atoms with E-state index >= 15 is 0 Å². The number of carbonyl (C=O) groups is 2. The Bertz CT molecular complexity index is 929. The average molecular weight is 427 g/mol. The van der Waals surface area contributed by atoms with Gasteiger partial charge in [0.15, 0.2) is 0 Å². The summed E-state index contributed by atoms with van der Waals surface area (Å²) < 4.78 is 5.00. The number of benzene rings is 1. The Morgan fingerprint density at radius 1 is 1.26 bits per heavy atom. The number of methoxy groups -OCH3 is 1. The molecule has 2 aromatic rings. The van der Waals surface area contributed by atoms with Crippen LogP contribution >= 0.6 is 0 Å². The van der Waals surface area contributed by atoms with E-state index in [1.165, 1.54) is 19.2 Å². The fourth-order valence-electron chi connectivity index (χ4n) is 3.47. The van der Waals surface area contributed by atoms with Crippen molar-refractivity contribution in [2.75, 3.05) is 37.4 Å². The van der Waals surface area contributed by atoms with Crippen molar-refractivity contribution < 1.29 is 19.2 Å². The largest absolute Gasteiger partial charge is 0.496 e. The lowest BCUT2D eigenvalue weighted by Crippen LogP contribution is -2.39. The molecule has 2 amide bonds. The van der Waals surface area contributed by atoms with Gasteiger partial charge in [0, 0.05) is 25.1 Å². The van der Waals surface area contributed by atoms with Crippen molar-refractivity contribution in [3.05, 3.63) is 52.8 Å². The van der Waals surface area contributed by atoms with E-state index in [1.54, 1.807) is 30.6 Å². The zero-order valence-corrected chi connectivity index (χ0v) is 17.2. The molecule has 0 unspecified atom stereocenters. The van der Waals surface area contributed by atoms with Crippen LogP contribution in [0, 0.1) is 16.0 Å². The number of aromatic nitrogens is 1. The Morgan fingerprint density at radius 2 is 2.03 bits per heavy atom. The Morgan fingerprint density at radius 3 is 2.68 bits per heavy atom. The molecule has 10 nitrogen and oxygen atoms in total. The molecule has 31 heavy (non-hydrogen) atoms. The maximum absolute atomic E-state index is 12.4. The molecule has 1 aliphatic heterocycles. The second-order valence-electron chi connectivity index (χ2n) is 7.29. The summed E-state index contributed by atoms with van der Waals surface area (Å²) in [5.74, 6) is -0.0470. The highest BCUT2D eigenvalue weighted by Gasteiger charge is 2.25. The van der Waals surface area contributed by atoms with Gasteiger partial charge in [-0.25, -0.2) is 0 Å². The summed E-state index contributed by atoms with van der Waals surface area (Å²) >= 11 is 0. The molecule has 0 saturated carbocycles. The maximum atomic E-state index is 12.4. The van der Waals surface area contributed by atoms with E-state index in [2.05, 4.69) is 20.5 Å². The normalized spacial score (nSPS) is 14.6. The number of nitrogens with one attached hydrogen (secondary N) is 2. The molecule has 1 aliphatic rings. The second-order valence-corrected chi connectivity index (χ2v) is 7.29. The quantitative estimate of drug-likeness (QED) is 0.490. The summed E-state index contributed by atoms with van der Waals surface area (Å²) in [5.41, 5.74) is 0.606. The molecular weight excluding hydrogens is 402 g/mol. The van der Waals surface area contributed by atoms with Crippen LogP contribution in [0.1, 0.15) is 19.3 Å². The van der Waals surface area contributed by atoms with Gasteiger partial charge in [-0.1, -0.05) is 0 Å². The highest BCUT2D eigenvalue weighted by atomic mass is 16.6. The fourth-order valence-corrected chi connectivity index (χ4v) is 3.47. The lowest BCUT2D eigenvalue weighted by Gasteiger charge is -2.31. The smallest absolute Gasteiger partial charge is 0.296 e. The van der Waals surface area contributed by atoms with Crippen LogP contribution in [0.4, 0.5) is 17.1 Å².